The van der Waals surface area contributed by atoms with Gasteiger partial charge in [-0.2, -0.15) is 0 Å². The standard InChI is InChI=1S/C29H40N2O2/c1-7-13-29(14-8-2)25-19-21(27(32)28(3,4)31-15-17-33-18-16-31)9-11-23(25)24-12-10-22(30(5)6)20-26(24)29/h9-12,19-20H,7-8,13-18H2,1-6H3. The molecule has 1 aliphatic heterocycles. The molecule has 0 N–H and O–H groups in total. The first-order chi connectivity index (χ1) is 15.8. The van der Waals surface area contributed by atoms with Crippen LogP contribution in [0.5, 0.6) is 0 Å². The highest BCUT2D eigenvalue weighted by atomic mass is 16.5. The number of ether oxygens (including phenoxy) is 1. The second kappa shape index (κ2) is 9.23. The SMILES string of the molecule is CCCC1(CCC)c2cc(C(=O)C(C)(C)N3CCOCC3)ccc2-c2ccc(N(C)C)cc21. The Bertz CT molecular complexity index is 1010. The fraction of sp³-hybridized carbons (Fsp3) is 0.552. The monoisotopic (exact) mass is 448 g/mol. The Kier molecular flexibility index (Phi) is 6.70. The van der Waals surface area contributed by atoms with Gasteiger partial charge < -0.3 is 9.64 Å². The van der Waals surface area contributed by atoms with E-state index in [1.54, 1.807) is 0 Å². The van der Waals surface area contributed by atoms with Crippen LogP contribution in [-0.4, -0.2) is 56.6 Å². The van der Waals surface area contributed by atoms with Gasteiger partial charge in [-0.15, -0.1) is 0 Å². The van der Waals surface area contributed by atoms with E-state index in [-0.39, 0.29) is 11.2 Å². The van der Waals surface area contributed by atoms with E-state index < -0.39 is 5.54 Å². The lowest BCUT2D eigenvalue weighted by Gasteiger charge is -2.39. The van der Waals surface area contributed by atoms with Gasteiger partial charge in [-0.1, -0.05) is 44.9 Å². The molecule has 4 nitrogen and oxygen atoms in total. The minimum atomic E-state index is -0.542. The first-order valence-electron chi connectivity index (χ1n) is 12.6. The smallest absolute Gasteiger partial charge is 0.182 e. The molecule has 33 heavy (non-hydrogen) atoms. The molecule has 0 spiro atoms. The highest BCUT2D eigenvalue weighted by Crippen LogP contribution is 2.54. The van der Waals surface area contributed by atoms with Crippen molar-refractivity contribution in [3.8, 4) is 11.1 Å². The van der Waals surface area contributed by atoms with Crippen molar-refractivity contribution >= 4 is 11.5 Å². The summed E-state index contributed by atoms with van der Waals surface area (Å²) in [5, 5.41) is 0. The van der Waals surface area contributed by atoms with Crippen LogP contribution in [0.15, 0.2) is 36.4 Å². The number of ketones is 1. The van der Waals surface area contributed by atoms with Crippen LogP contribution in [0.1, 0.15) is 74.9 Å². The summed E-state index contributed by atoms with van der Waals surface area (Å²) in [5.41, 5.74) is 6.93. The van der Waals surface area contributed by atoms with E-state index in [0.717, 1.165) is 44.3 Å². The molecular formula is C29H40N2O2. The average molecular weight is 449 g/mol. The van der Waals surface area contributed by atoms with Crippen molar-refractivity contribution in [1.82, 2.24) is 4.90 Å². The van der Waals surface area contributed by atoms with Crippen molar-refractivity contribution < 1.29 is 9.53 Å². The fourth-order valence-corrected chi connectivity index (χ4v) is 6.04. The number of anilines is 1. The number of rotatable bonds is 8. The van der Waals surface area contributed by atoms with E-state index >= 15 is 0 Å². The summed E-state index contributed by atoms with van der Waals surface area (Å²) >= 11 is 0. The summed E-state index contributed by atoms with van der Waals surface area (Å²) in [6.45, 7) is 11.7. The lowest BCUT2D eigenvalue weighted by molar-refractivity contribution is -0.00430. The zero-order valence-corrected chi connectivity index (χ0v) is 21.3. The number of morpholine rings is 1. The molecule has 0 unspecified atom stereocenters. The minimum absolute atomic E-state index is 0.0282. The molecule has 4 rings (SSSR count). The quantitative estimate of drug-likeness (QED) is 0.470. The summed E-state index contributed by atoms with van der Waals surface area (Å²) in [6.07, 6.45) is 4.43. The summed E-state index contributed by atoms with van der Waals surface area (Å²) in [6, 6.07) is 13.4. The van der Waals surface area contributed by atoms with E-state index in [4.69, 9.17) is 4.74 Å². The molecule has 0 saturated carbocycles. The van der Waals surface area contributed by atoms with Crippen LogP contribution in [0.2, 0.25) is 0 Å². The van der Waals surface area contributed by atoms with Gasteiger partial charge >= 0.3 is 0 Å². The van der Waals surface area contributed by atoms with Gasteiger partial charge in [0.05, 0.1) is 18.8 Å². The Balaban J connectivity index is 1.82. The Morgan fingerprint density at radius 1 is 0.970 bits per heavy atom. The molecule has 2 aromatic rings. The number of benzene rings is 2. The summed E-state index contributed by atoms with van der Waals surface area (Å²) < 4.78 is 5.53. The van der Waals surface area contributed by atoms with Gasteiger partial charge in [-0.3, -0.25) is 9.69 Å². The maximum Gasteiger partial charge on any atom is 0.182 e. The number of nitrogens with zero attached hydrogens (tertiary/aromatic N) is 2. The summed E-state index contributed by atoms with van der Waals surface area (Å²) in [7, 11) is 4.21. The van der Waals surface area contributed by atoms with E-state index in [1.165, 1.54) is 27.9 Å². The van der Waals surface area contributed by atoms with Gasteiger partial charge in [-0.25, -0.2) is 0 Å². The summed E-state index contributed by atoms with van der Waals surface area (Å²) in [5.74, 6) is 0.207. The fourth-order valence-electron chi connectivity index (χ4n) is 6.04. The number of hydrogen-bond acceptors (Lipinski definition) is 4. The number of carbonyl (C=O) groups excluding carboxylic acids is 1. The number of fused-ring (bicyclic) bond motifs is 3. The molecule has 1 heterocycles. The molecule has 1 aliphatic carbocycles. The van der Waals surface area contributed by atoms with Crippen LogP contribution < -0.4 is 4.90 Å². The van der Waals surface area contributed by atoms with E-state index in [1.807, 2.05) is 0 Å². The molecule has 0 aromatic heterocycles. The van der Waals surface area contributed by atoms with Crippen LogP contribution in [-0.2, 0) is 10.2 Å². The van der Waals surface area contributed by atoms with E-state index in [9.17, 15) is 4.79 Å². The molecule has 0 radical (unpaired) electrons. The molecule has 2 aliphatic rings. The van der Waals surface area contributed by atoms with Gasteiger partial charge in [0.2, 0.25) is 0 Å². The van der Waals surface area contributed by atoms with Gasteiger partial charge in [0.1, 0.15) is 0 Å². The van der Waals surface area contributed by atoms with Crippen LogP contribution in [0.25, 0.3) is 11.1 Å². The van der Waals surface area contributed by atoms with Crippen LogP contribution in [0.3, 0.4) is 0 Å². The van der Waals surface area contributed by atoms with Crippen molar-refractivity contribution in [2.45, 2.75) is 64.3 Å². The van der Waals surface area contributed by atoms with Crippen molar-refractivity contribution in [3.63, 3.8) is 0 Å². The van der Waals surface area contributed by atoms with Gasteiger partial charge in [0.25, 0.3) is 0 Å². The van der Waals surface area contributed by atoms with Crippen molar-refractivity contribution in [2.24, 2.45) is 0 Å². The van der Waals surface area contributed by atoms with Crippen molar-refractivity contribution in [1.29, 1.82) is 0 Å². The molecule has 0 atom stereocenters. The number of Topliss-reactive ketones (excluding diaryl/α,β-unsaturated/α-hetero) is 1. The van der Waals surface area contributed by atoms with E-state index in [2.05, 4.69) is 88.0 Å². The van der Waals surface area contributed by atoms with Crippen molar-refractivity contribution in [3.05, 3.63) is 53.1 Å². The number of hydrogen-bond donors (Lipinski definition) is 0. The Morgan fingerprint density at radius 3 is 2.12 bits per heavy atom. The lowest BCUT2D eigenvalue weighted by atomic mass is 9.71. The first kappa shape index (κ1) is 24.0. The molecular weight excluding hydrogens is 408 g/mol. The normalized spacial score (nSPS) is 17.5. The molecule has 178 valence electrons. The maximum absolute atomic E-state index is 13.8. The third kappa shape index (κ3) is 4.02. The van der Waals surface area contributed by atoms with Crippen LogP contribution in [0, 0.1) is 0 Å². The third-order valence-corrected chi connectivity index (χ3v) is 7.83. The molecule has 1 fully saturated rings. The highest BCUT2D eigenvalue weighted by molar-refractivity contribution is 6.03. The van der Waals surface area contributed by atoms with Gasteiger partial charge in [0, 0.05) is 43.9 Å². The molecule has 1 saturated heterocycles. The Hall–Kier alpha value is -2.17. The largest absolute Gasteiger partial charge is 0.379 e. The molecule has 0 amide bonds. The lowest BCUT2D eigenvalue weighted by Crippen LogP contribution is -2.54. The Morgan fingerprint density at radius 2 is 1.55 bits per heavy atom. The van der Waals surface area contributed by atoms with Crippen molar-refractivity contribution in [2.75, 3.05) is 45.3 Å². The maximum atomic E-state index is 13.8. The zero-order valence-electron chi connectivity index (χ0n) is 21.3. The molecule has 4 heteroatoms. The van der Waals surface area contributed by atoms with Crippen LogP contribution in [0.4, 0.5) is 5.69 Å². The second-order valence-corrected chi connectivity index (χ2v) is 10.5. The minimum Gasteiger partial charge on any atom is -0.379 e. The molecule has 2 aromatic carbocycles. The van der Waals surface area contributed by atoms with Gasteiger partial charge in [0.15, 0.2) is 5.78 Å². The third-order valence-electron chi connectivity index (χ3n) is 7.83. The summed E-state index contributed by atoms with van der Waals surface area (Å²) in [4.78, 5) is 18.3. The first-order valence-corrected chi connectivity index (χ1v) is 12.6. The van der Waals surface area contributed by atoms with Gasteiger partial charge in [-0.05, 0) is 67.1 Å². The second-order valence-electron chi connectivity index (χ2n) is 10.5. The topological polar surface area (TPSA) is 32.8 Å². The van der Waals surface area contributed by atoms with E-state index in [0.29, 0.717) is 13.2 Å². The predicted octanol–water partition coefficient (Wildman–Crippen LogP) is 5.91. The average Bonchev–Trinajstić information content (AvgIpc) is 3.08. The number of carbonyl (C=O) groups is 1. The molecule has 0 bridgehead atoms. The van der Waals surface area contributed by atoms with Crippen LogP contribution >= 0.6 is 0 Å². The Labute approximate surface area is 199 Å². The predicted molar refractivity (Wildman–Crippen MR) is 138 cm³/mol. The highest BCUT2D eigenvalue weighted by Gasteiger charge is 2.43. The zero-order chi connectivity index (χ0) is 23.8.